The summed E-state index contributed by atoms with van der Waals surface area (Å²) in [6, 6.07) is 9.92. The predicted octanol–water partition coefficient (Wildman–Crippen LogP) is 2.02. The molecule has 1 aromatic rings. The first-order chi connectivity index (χ1) is 8.97. The van der Waals surface area contributed by atoms with Gasteiger partial charge in [-0.1, -0.05) is 29.8 Å². The lowest BCUT2D eigenvalue weighted by atomic mass is 10.0. The molecule has 3 unspecified atom stereocenters. The quantitative estimate of drug-likeness (QED) is 0.903. The van der Waals surface area contributed by atoms with E-state index in [1.54, 1.807) is 0 Å². The zero-order chi connectivity index (χ0) is 14.0. The summed E-state index contributed by atoms with van der Waals surface area (Å²) in [5, 5.41) is 0. The first-order valence-corrected chi connectivity index (χ1v) is 7.24. The van der Waals surface area contributed by atoms with Crippen molar-refractivity contribution in [2.24, 2.45) is 5.73 Å². The van der Waals surface area contributed by atoms with Crippen LogP contribution >= 0.6 is 0 Å². The van der Waals surface area contributed by atoms with Gasteiger partial charge in [0.1, 0.15) is 0 Å². The van der Waals surface area contributed by atoms with Gasteiger partial charge in [0.25, 0.3) is 0 Å². The minimum absolute atomic E-state index is 0.114. The molecule has 0 spiro atoms. The Morgan fingerprint density at radius 3 is 2.21 bits per heavy atom. The van der Waals surface area contributed by atoms with Gasteiger partial charge in [-0.3, -0.25) is 9.80 Å². The van der Waals surface area contributed by atoms with Crippen molar-refractivity contribution >= 4 is 0 Å². The average Bonchev–Trinajstić information content (AvgIpc) is 2.36. The molecule has 19 heavy (non-hydrogen) atoms. The van der Waals surface area contributed by atoms with Crippen LogP contribution in [0.2, 0.25) is 0 Å². The number of nitrogens with zero attached hydrogens (tertiary/aromatic N) is 2. The number of likely N-dealkylation sites (N-methyl/N-ethyl adjacent to an activating group) is 1. The van der Waals surface area contributed by atoms with Crippen LogP contribution in [0.25, 0.3) is 0 Å². The Kier molecular flexibility index (Phi) is 4.61. The van der Waals surface area contributed by atoms with Gasteiger partial charge in [-0.05, 0) is 33.4 Å². The Balaban J connectivity index is 1.95. The third-order valence-corrected chi connectivity index (χ3v) is 4.40. The van der Waals surface area contributed by atoms with E-state index in [2.05, 4.69) is 61.9 Å². The van der Waals surface area contributed by atoms with Gasteiger partial charge in [-0.2, -0.15) is 0 Å². The molecule has 1 fully saturated rings. The minimum Gasteiger partial charge on any atom is -0.323 e. The maximum atomic E-state index is 6.35. The third kappa shape index (κ3) is 3.56. The van der Waals surface area contributed by atoms with E-state index >= 15 is 0 Å². The van der Waals surface area contributed by atoms with Crippen LogP contribution in [0.1, 0.15) is 31.0 Å². The van der Waals surface area contributed by atoms with Crippen molar-refractivity contribution in [3.8, 4) is 0 Å². The first-order valence-electron chi connectivity index (χ1n) is 7.24. The lowest BCUT2D eigenvalue weighted by Gasteiger charge is -2.43. The van der Waals surface area contributed by atoms with E-state index in [1.807, 2.05) is 0 Å². The highest BCUT2D eigenvalue weighted by Gasteiger charge is 2.27. The highest BCUT2D eigenvalue weighted by Crippen LogP contribution is 2.18. The SMILES string of the molecule is Cc1ccc(C(N)CN2CC(C)N(C)C(C)C2)cc1. The molecule has 0 bridgehead atoms. The summed E-state index contributed by atoms with van der Waals surface area (Å²) in [5.74, 6) is 0. The molecule has 3 atom stereocenters. The number of hydrogen-bond donors (Lipinski definition) is 1. The second-order valence-electron chi connectivity index (χ2n) is 6.10. The van der Waals surface area contributed by atoms with Gasteiger partial charge in [0.15, 0.2) is 0 Å². The van der Waals surface area contributed by atoms with E-state index in [4.69, 9.17) is 5.73 Å². The zero-order valence-corrected chi connectivity index (χ0v) is 12.6. The van der Waals surface area contributed by atoms with E-state index in [0.717, 1.165) is 19.6 Å². The smallest absolute Gasteiger partial charge is 0.0424 e. The molecule has 0 aliphatic carbocycles. The average molecular weight is 261 g/mol. The second-order valence-corrected chi connectivity index (χ2v) is 6.10. The molecule has 1 aromatic carbocycles. The Bertz CT molecular complexity index is 389. The number of benzene rings is 1. The molecular formula is C16H27N3. The van der Waals surface area contributed by atoms with Gasteiger partial charge in [0.05, 0.1) is 0 Å². The maximum absolute atomic E-state index is 6.35. The van der Waals surface area contributed by atoms with Gasteiger partial charge >= 0.3 is 0 Å². The van der Waals surface area contributed by atoms with Crippen LogP contribution in [0.15, 0.2) is 24.3 Å². The van der Waals surface area contributed by atoms with Crippen molar-refractivity contribution in [1.29, 1.82) is 0 Å². The summed E-state index contributed by atoms with van der Waals surface area (Å²) in [5.41, 5.74) is 8.88. The van der Waals surface area contributed by atoms with Crippen molar-refractivity contribution in [2.75, 3.05) is 26.7 Å². The highest BCUT2D eigenvalue weighted by molar-refractivity contribution is 5.24. The Morgan fingerprint density at radius 2 is 1.68 bits per heavy atom. The lowest BCUT2D eigenvalue weighted by Crippen LogP contribution is -2.55. The van der Waals surface area contributed by atoms with E-state index in [9.17, 15) is 0 Å². The van der Waals surface area contributed by atoms with Crippen LogP contribution < -0.4 is 5.73 Å². The van der Waals surface area contributed by atoms with E-state index in [1.165, 1.54) is 11.1 Å². The standard InChI is InChI=1S/C16H27N3/c1-12-5-7-15(8-6-12)16(17)11-19-9-13(2)18(4)14(3)10-19/h5-8,13-14,16H,9-11,17H2,1-4H3. The summed E-state index contributed by atoms with van der Waals surface area (Å²) in [4.78, 5) is 4.95. The van der Waals surface area contributed by atoms with Crippen LogP contribution in [0, 0.1) is 6.92 Å². The Hall–Kier alpha value is -0.900. The summed E-state index contributed by atoms with van der Waals surface area (Å²) >= 11 is 0. The Morgan fingerprint density at radius 1 is 1.16 bits per heavy atom. The fraction of sp³-hybridized carbons (Fsp3) is 0.625. The van der Waals surface area contributed by atoms with Crippen molar-refractivity contribution in [3.63, 3.8) is 0 Å². The van der Waals surface area contributed by atoms with E-state index < -0.39 is 0 Å². The van der Waals surface area contributed by atoms with Gasteiger partial charge in [-0.15, -0.1) is 0 Å². The molecule has 2 N–H and O–H groups in total. The molecule has 3 heteroatoms. The summed E-state index contributed by atoms with van der Waals surface area (Å²) in [6.45, 7) is 9.87. The van der Waals surface area contributed by atoms with Gasteiger partial charge < -0.3 is 5.73 Å². The maximum Gasteiger partial charge on any atom is 0.0424 e. The zero-order valence-electron chi connectivity index (χ0n) is 12.6. The molecule has 2 rings (SSSR count). The molecular weight excluding hydrogens is 234 g/mol. The van der Waals surface area contributed by atoms with Crippen molar-refractivity contribution in [3.05, 3.63) is 35.4 Å². The predicted molar refractivity (Wildman–Crippen MR) is 81.2 cm³/mol. The molecule has 1 heterocycles. The summed E-state index contributed by atoms with van der Waals surface area (Å²) < 4.78 is 0. The summed E-state index contributed by atoms with van der Waals surface area (Å²) in [7, 11) is 2.21. The van der Waals surface area contributed by atoms with Gasteiger partial charge in [0, 0.05) is 37.8 Å². The van der Waals surface area contributed by atoms with Crippen LogP contribution in [0.4, 0.5) is 0 Å². The van der Waals surface area contributed by atoms with Crippen LogP contribution in [0.3, 0.4) is 0 Å². The Labute approximate surface area is 117 Å². The molecule has 0 aromatic heterocycles. The number of aryl methyl sites for hydroxylation is 1. The summed E-state index contributed by atoms with van der Waals surface area (Å²) in [6.07, 6.45) is 0. The molecule has 1 aliphatic rings. The number of nitrogens with two attached hydrogens (primary N) is 1. The molecule has 0 radical (unpaired) electrons. The number of piperazine rings is 1. The van der Waals surface area contributed by atoms with Gasteiger partial charge in [-0.25, -0.2) is 0 Å². The van der Waals surface area contributed by atoms with E-state index in [0.29, 0.717) is 12.1 Å². The highest BCUT2D eigenvalue weighted by atomic mass is 15.3. The van der Waals surface area contributed by atoms with Crippen LogP contribution in [0.5, 0.6) is 0 Å². The number of rotatable bonds is 3. The first kappa shape index (κ1) is 14.5. The van der Waals surface area contributed by atoms with Crippen molar-refractivity contribution < 1.29 is 0 Å². The lowest BCUT2D eigenvalue weighted by molar-refractivity contribution is 0.0567. The monoisotopic (exact) mass is 261 g/mol. The fourth-order valence-corrected chi connectivity index (χ4v) is 2.86. The minimum atomic E-state index is 0.114. The second kappa shape index (κ2) is 6.04. The largest absolute Gasteiger partial charge is 0.323 e. The molecule has 3 nitrogen and oxygen atoms in total. The number of hydrogen-bond acceptors (Lipinski definition) is 3. The van der Waals surface area contributed by atoms with Crippen molar-refractivity contribution in [2.45, 2.75) is 38.9 Å². The molecule has 1 saturated heterocycles. The molecule has 1 aliphatic heterocycles. The van der Waals surface area contributed by atoms with Crippen LogP contribution in [-0.2, 0) is 0 Å². The molecule has 106 valence electrons. The normalized spacial score (nSPS) is 27.4. The molecule has 0 amide bonds. The molecule has 0 saturated carbocycles. The van der Waals surface area contributed by atoms with Crippen LogP contribution in [-0.4, -0.2) is 48.6 Å². The third-order valence-electron chi connectivity index (χ3n) is 4.40. The van der Waals surface area contributed by atoms with E-state index in [-0.39, 0.29) is 6.04 Å². The van der Waals surface area contributed by atoms with Crippen molar-refractivity contribution in [1.82, 2.24) is 9.80 Å². The van der Waals surface area contributed by atoms with Gasteiger partial charge in [0.2, 0.25) is 0 Å². The fourth-order valence-electron chi connectivity index (χ4n) is 2.86. The topological polar surface area (TPSA) is 32.5 Å².